The Balaban J connectivity index is 4.18. The Kier molecular flexibility index (Phi) is 16.2. The van der Waals surface area contributed by atoms with E-state index in [1.807, 2.05) is 26.8 Å². The normalized spacial score (nSPS) is 14.7. The Morgan fingerprint density at radius 3 is 1.84 bits per heavy atom. The lowest BCUT2D eigenvalue weighted by Gasteiger charge is -2.28. The van der Waals surface area contributed by atoms with Crippen molar-refractivity contribution in [2.24, 2.45) is 11.7 Å². The maximum atomic E-state index is 12.5. The molecule has 5 heteroatoms. The van der Waals surface area contributed by atoms with Crippen molar-refractivity contribution in [3.8, 4) is 0 Å². The molecule has 2 atom stereocenters. The highest BCUT2D eigenvalue weighted by molar-refractivity contribution is 5.74. The van der Waals surface area contributed by atoms with Crippen LogP contribution in [0, 0.1) is 5.92 Å². The first kappa shape index (κ1) is 30.1. The number of aliphatic hydroxyl groups excluding tert-OH is 1. The van der Waals surface area contributed by atoms with Crippen LogP contribution in [0.3, 0.4) is 0 Å². The van der Waals surface area contributed by atoms with Crippen LogP contribution in [-0.4, -0.2) is 35.1 Å². The lowest BCUT2D eigenvalue weighted by molar-refractivity contribution is -0.168. The second-order valence-electron chi connectivity index (χ2n) is 10.3. The van der Waals surface area contributed by atoms with E-state index in [1.165, 1.54) is 64.2 Å². The Morgan fingerprint density at radius 1 is 0.903 bits per heavy atom. The van der Waals surface area contributed by atoms with Gasteiger partial charge in [0, 0.05) is 0 Å². The maximum Gasteiger partial charge on any atom is 0.314 e. The fourth-order valence-electron chi connectivity index (χ4n) is 3.28. The number of allylic oxidation sites excluding steroid dienone is 1. The topological polar surface area (TPSA) is 81.8 Å². The SMILES string of the molecule is CCCCCCCCCCCCCC=C[C@@H](O)C(COC(C)(C)N)C(=O)OC(C)(C)C. The fourth-order valence-corrected chi connectivity index (χ4v) is 3.28. The summed E-state index contributed by atoms with van der Waals surface area (Å²) >= 11 is 0. The molecule has 0 rings (SSSR count). The van der Waals surface area contributed by atoms with Crippen molar-refractivity contribution in [3.63, 3.8) is 0 Å². The van der Waals surface area contributed by atoms with Crippen molar-refractivity contribution in [3.05, 3.63) is 12.2 Å². The molecule has 0 radical (unpaired) electrons. The molecule has 0 aliphatic rings. The van der Waals surface area contributed by atoms with Crippen LogP contribution < -0.4 is 5.73 Å². The van der Waals surface area contributed by atoms with Gasteiger partial charge in [0.2, 0.25) is 0 Å². The largest absolute Gasteiger partial charge is 0.460 e. The molecule has 0 aliphatic heterocycles. The molecule has 0 saturated carbocycles. The van der Waals surface area contributed by atoms with Gasteiger partial charge in [-0.05, 0) is 47.5 Å². The maximum absolute atomic E-state index is 12.5. The molecule has 0 amide bonds. The number of unbranched alkanes of at least 4 members (excludes halogenated alkanes) is 11. The average molecular weight is 442 g/mol. The highest BCUT2D eigenvalue weighted by atomic mass is 16.6. The lowest BCUT2D eigenvalue weighted by atomic mass is 10.0. The van der Waals surface area contributed by atoms with Gasteiger partial charge in [-0.2, -0.15) is 0 Å². The number of ether oxygens (including phenoxy) is 2. The van der Waals surface area contributed by atoms with Gasteiger partial charge in [-0.15, -0.1) is 0 Å². The van der Waals surface area contributed by atoms with Crippen molar-refractivity contribution in [2.45, 2.75) is 136 Å². The predicted octanol–water partition coefficient (Wildman–Crippen LogP) is 6.27. The summed E-state index contributed by atoms with van der Waals surface area (Å²) in [7, 11) is 0. The summed E-state index contributed by atoms with van der Waals surface area (Å²) in [6.07, 6.45) is 18.0. The molecule has 0 aliphatic carbocycles. The summed E-state index contributed by atoms with van der Waals surface area (Å²) in [4.78, 5) is 12.5. The number of hydrogen-bond donors (Lipinski definition) is 2. The molecule has 0 bridgehead atoms. The quantitative estimate of drug-likeness (QED) is 0.113. The lowest BCUT2D eigenvalue weighted by Crippen LogP contribution is -2.42. The van der Waals surface area contributed by atoms with Crippen molar-refractivity contribution in [1.82, 2.24) is 0 Å². The van der Waals surface area contributed by atoms with E-state index in [0.29, 0.717) is 0 Å². The zero-order valence-corrected chi connectivity index (χ0v) is 21.3. The Hall–Kier alpha value is -0.910. The highest BCUT2D eigenvalue weighted by Gasteiger charge is 2.31. The van der Waals surface area contributed by atoms with Gasteiger partial charge < -0.3 is 20.3 Å². The van der Waals surface area contributed by atoms with E-state index in [4.69, 9.17) is 15.2 Å². The van der Waals surface area contributed by atoms with Gasteiger partial charge in [0.05, 0.1) is 12.7 Å². The highest BCUT2D eigenvalue weighted by Crippen LogP contribution is 2.18. The van der Waals surface area contributed by atoms with E-state index in [-0.39, 0.29) is 6.61 Å². The monoisotopic (exact) mass is 441 g/mol. The van der Waals surface area contributed by atoms with E-state index in [0.717, 1.165) is 12.8 Å². The van der Waals surface area contributed by atoms with Crippen molar-refractivity contribution < 1.29 is 19.4 Å². The Bertz CT molecular complexity index is 477. The number of hydrogen-bond acceptors (Lipinski definition) is 5. The van der Waals surface area contributed by atoms with Crippen LogP contribution in [0.2, 0.25) is 0 Å². The van der Waals surface area contributed by atoms with Gasteiger partial charge in [0.25, 0.3) is 0 Å². The molecule has 0 aromatic carbocycles. The van der Waals surface area contributed by atoms with Gasteiger partial charge >= 0.3 is 5.97 Å². The third-order valence-electron chi connectivity index (χ3n) is 5.06. The summed E-state index contributed by atoms with van der Waals surface area (Å²) in [5, 5.41) is 10.5. The molecule has 0 fully saturated rings. The molecule has 1 unspecified atom stereocenters. The molecule has 0 aromatic heterocycles. The van der Waals surface area contributed by atoms with E-state index in [1.54, 1.807) is 19.9 Å². The van der Waals surface area contributed by atoms with Gasteiger partial charge in [-0.25, -0.2) is 0 Å². The molecule has 0 aromatic rings. The first-order chi connectivity index (χ1) is 14.5. The summed E-state index contributed by atoms with van der Waals surface area (Å²) in [5.74, 6) is -1.26. The number of nitrogens with two attached hydrogens (primary N) is 1. The smallest absolute Gasteiger partial charge is 0.314 e. The van der Waals surface area contributed by atoms with Crippen molar-refractivity contribution in [2.75, 3.05) is 6.61 Å². The molecule has 5 nitrogen and oxygen atoms in total. The predicted molar refractivity (Wildman–Crippen MR) is 130 cm³/mol. The minimum atomic E-state index is -0.954. The molecule has 0 spiro atoms. The van der Waals surface area contributed by atoms with E-state index in [9.17, 15) is 9.90 Å². The average Bonchev–Trinajstić information content (AvgIpc) is 2.63. The zero-order valence-electron chi connectivity index (χ0n) is 21.3. The van der Waals surface area contributed by atoms with Crippen LogP contribution in [0.4, 0.5) is 0 Å². The Labute approximate surface area is 192 Å². The summed E-state index contributed by atoms with van der Waals surface area (Å²) in [6, 6.07) is 0. The molecule has 3 N–H and O–H groups in total. The van der Waals surface area contributed by atoms with Crippen LogP contribution in [0.25, 0.3) is 0 Å². The first-order valence-corrected chi connectivity index (χ1v) is 12.5. The number of carbonyl (C=O) groups excluding carboxylic acids is 1. The van der Waals surface area contributed by atoms with E-state index >= 15 is 0 Å². The zero-order chi connectivity index (χ0) is 23.8. The van der Waals surface area contributed by atoms with Crippen LogP contribution in [-0.2, 0) is 14.3 Å². The number of esters is 1. The molecular weight excluding hydrogens is 390 g/mol. The molecule has 0 saturated heterocycles. The van der Waals surface area contributed by atoms with Gasteiger partial charge in [-0.1, -0.05) is 83.3 Å². The molecule has 184 valence electrons. The van der Waals surface area contributed by atoms with E-state index < -0.39 is 29.3 Å². The molecule has 0 heterocycles. The second kappa shape index (κ2) is 16.7. The summed E-state index contributed by atoms with van der Waals surface area (Å²) in [6.45, 7) is 11.1. The van der Waals surface area contributed by atoms with Crippen LogP contribution in [0.1, 0.15) is 119 Å². The second-order valence-corrected chi connectivity index (χ2v) is 10.3. The summed E-state index contributed by atoms with van der Waals surface area (Å²) in [5.41, 5.74) is 4.37. The molecule has 31 heavy (non-hydrogen) atoms. The van der Waals surface area contributed by atoms with Gasteiger partial charge in [0.1, 0.15) is 17.2 Å². The Morgan fingerprint density at radius 2 is 1.39 bits per heavy atom. The van der Waals surface area contributed by atoms with Gasteiger partial charge in [-0.3, -0.25) is 4.79 Å². The number of carbonyl (C=O) groups is 1. The van der Waals surface area contributed by atoms with Crippen LogP contribution >= 0.6 is 0 Å². The van der Waals surface area contributed by atoms with Crippen molar-refractivity contribution in [1.29, 1.82) is 0 Å². The molecular formula is C26H51NO4. The minimum absolute atomic E-state index is 0.0162. The third-order valence-corrected chi connectivity index (χ3v) is 5.06. The van der Waals surface area contributed by atoms with Crippen LogP contribution in [0.15, 0.2) is 12.2 Å². The van der Waals surface area contributed by atoms with Crippen LogP contribution in [0.5, 0.6) is 0 Å². The summed E-state index contributed by atoms with van der Waals surface area (Å²) < 4.78 is 11.0. The number of rotatable bonds is 18. The fraction of sp³-hybridized carbons (Fsp3) is 0.885. The standard InChI is InChI=1S/C26H51NO4/c1-7-8-9-10-11-12-13-14-15-16-17-18-19-20-23(28)22(21-30-26(5,6)27)24(29)31-25(2,3)4/h19-20,22-23,28H,7-18,21,27H2,1-6H3/t22?,23-/m1/s1. The minimum Gasteiger partial charge on any atom is -0.460 e. The number of aliphatic hydroxyl groups is 1. The van der Waals surface area contributed by atoms with E-state index in [2.05, 4.69) is 6.92 Å². The first-order valence-electron chi connectivity index (χ1n) is 12.5. The third kappa shape index (κ3) is 19.5. The van der Waals surface area contributed by atoms with Crippen molar-refractivity contribution >= 4 is 5.97 Å². The van der Waals surface area contributed by atoms with Gasteiger partial charge in [0.15, 0.2) is 0 Å².